The van der Waals surface area contributed by atoms with Crippen LogP contribution in [0.15, 0.2) is 36.7 Å². The lowest BCUT2D eigenvalue weighted by molar-refractivity contribution is -0.146. The number of nitrogens with zero attached hydrogens (tertiary/aromatic N) is 4. The summed E-state index contributed by atoms with van der Waals surface area (Å²) in [4.78, 5) is 35.9. The Balaban J connectivity index is 1.48. The molecule has 2 unspecified atom stereocenters. The number of aromatic nitrogens is 4. The molecule has 4 rings (SSSR count). The van der Waals surface area contributed by atoms with Gasteiger partial charge in [0.15, 0.2) is 29.2 Å². The average Bonchev–Trinajstić information content (AvgIpc) is 3.63. The molecule has 0 spiro atoms. The number of rotatable bonds is 19. The molecule has 5 N–H and O–H groups in total. The Kier molecular flexibility index (Phi) is 13.0. The molecule has 1 aliphatic rings. The third-order valence-corrected chi connectivity index (χ3v) is 9.31. The lowest BCUT2D eigenvalue weighted by Crippen LogP contribution is -2.44. The standard InChI is InChI=1S/C31H40FN6O9P/c1-3-5-6-7-8-12-15-44-25(40)18-45-48(43,37-22(29(41)42)16-21-13-10-9-11-14-21)46-19-31(4-2)23(39)17-24(47-31)38-20-34-26-27(33)35-30(32)36-28(26)38/h2,9-11,13-14,20,22-24,39H,3,5-8,12,15-19H2,1H3,(H,37,43)(H,41,42)(H2,33,35,36)/t22?,23-,24+,31+,48?/m0/s1. The van der Waals surface area contributed by atoms with Gasteiger partial charge in [-0.25, -0.2) is 19.4 Å². The van der Waals surface area contributed by atoms with Crippen LogP contribution >= 0.6 is 7.75 Å². The second-order valence-corrected chi connectivity index (χ2v) is 13.1. The molecule has 1 aliphatic heterocycles. The van der Waals surface area contributed by atoms with Gasteiger partial charge in [-0.2, -0.15) is 14.4 Å². The van der Waals surface area contributed by atoms with Crippen molar-refractivity contribution in [1.29, 1.82) is 0 Å². The minimum Gasteiger partial charge on any atom is -0.480 e. The van der Waals surface area contributed by atoms with Gasteiger partial charge in [0.25, 0.3) is 0 Å². The summed E-state index contributed by atoms with van der Waals surface area (Å²) in [6, 6.07) is 7.06. The number of nitrogens with two attached hydrogens (primary N) is 1. The Hall–Kier alpha value is -3.97. The number of carboxylic acid groups (broad SMARTS) is 1. The van der Waals surface area contributed by atoms with Gasteiger partial charge in [0.1, 0.15) is 25.0 Å². The summed E-state index contributed by atoms with van der Waals surface area (Å²) in [6.45, 7) is 0.642. The Morgan fingerprint density at radius 3 is 2.67 bits per heavy atom. The molecule has 15 nitrogen and oxygen atoms in total. The number of nitrogens with one attached hydrogen (secondary N) is 1. The van der Waals surface area contributed by atoms with Crippen LogP contribution in [-0.2, 0) is 39.1 Å². The van der Waals surface area contributed by atoms with Crippen molar-refractivity contribution in [2.45, 2.75) is 82.3 Å². The summed E-state index contributed by atoms with van der Waals surface area (Å²) in [6.07, 6.45) is 9.03. The van der Waals surface area contributed by atoms with Crippen molar-refractivity contribution < 1.29 is 47.3 Å². The zero-order valence-corrected chi connectivity index (χ0v) is 27.4. The summed E-state index contributed by atoms with van der Waals surface area (Å²) in [5.74, 6) is -0.101. The maximum atomic E-state index is 14.1. The molecular formula is C31H40FN6O9P. The van der Waals surface area contributed by atoms with E-state index in [2.05, 4.69) is 32.9 Å². The number of aliphatic hydroxyl groups excluding tert-OH is 1. The summed E-state index contributed by atoms with van der Waals surface area (Å²) in [7, 11) is -4.67. The number of halogens is 1. The van der Waals surface area contributed by atoms with E-state index < -0.39 is 63.0 Å². The molecule has 1 aromatic carbocycles. The number of esters is 1. The van der Waals surface area contributed by atoms with E-state index in [0.29, 0.717) is 12.0 Å². The number of carbonyl (C=O) groups is 2. The van der Waals surface area contributed by atoms with Gasteiger partial charge in [-0.3, -0.25) is 18.4 Å². The van der Waals surface area contributed by atoms with Crippen LogP contribution in [0.3, 0.4) is 0 Å². The van der Waals surface area contributed by atoms with E-state index in [1.165, 1.54) is 10.9 Å². The van der Waals surface area contributed by atoms with Gasteiger partial charge in [0.2, 0.25) is 0 Å². The lowest BCUT2D eigenvalue weighted by atomic mass is 9.99. The number of aliphatic hydroxyl groups is 1. The zero-order chi connectivity index (χ0) is 34.7. The Morgan fingerprint density at radius 2 is 1.96 bits per heavy atom. The van der Waals surface area contributed by atoms with E-state index >= 15 is 0 Å². The van der Waals surface area contributed by atoms with Crippen LogP contribution in [0.25, 0.3) is 11.2 Å². The van der Waals surface area contributed by atoms with Crippen molar-refractivity contribution in [2.75, 3.05) is 25.6 Å². The number of benzene rings is 1. The maximum Gasteiger partial charge on any atom is 0.406 e. The number of nitrogen functional groups attached to an aromatic ring is 1. The Morgan fingerprint density at radius 1 is 1.23 bits per heavy atom. The monoisotopic (exact) mass is 690 g/mol. The summed E-state index contributed by atoms with van der Waals surface area (Å²) in [5, 5.41) is 23.4. The van der Waals surface area contributed by atoms with Crippen molar-refractivity contribution in [3.8, 4) is 12.3 Å². The number of carboxylic acids is 1. The molecule has 0 saturated carbocycles. The van der Waals surface area contributed by atoms with Crippen molar-refractivity contribution in [3.63, 3.8) is 0 Å². The number of fused-ring (bicyclic) bond motifs is 1. The van der Waals surface area contributed by atoms with Crippen molar-refractivity contribution in [2.24, 2.45) is 0 Å². The van der Waals surface area contributed by atoms with E-state index in [1.807, 2.05) is 0 Å². The topological polar surface area (TPSA) is 210 Å². The summed E-state index contributed by atoms with van der Waals surface area (Å²) < 4.78 is 51.5. The van der Waals surface area contributed by atoms with Crippen molar-refractivity contribution >= 4 is 36.7 Å². The van der Waals surface area contributed by atoms with E-state index in [4.69, 9.17) is 30.7 Å². The number of anilines is 1. The van der Waals surface area contributed by atoms with E-state index in [1.54, 1.807) is 30.3 Å². The predicted molar refractivity (Wildman–Crippen MR) is 171 cm³/mol. The van der Waals surface area contributed by atoms with Gasteiger partial charge in [0.05, 0.1) is 12.9 Å². The number of ether oxygens (including phenoxy) is 2. The molecule has 17 heteroatoms. The molecule has 5 atom stereocenters. The molecule has 48 heavy (non-hydrogen) atoms. The molecule has 3 heterocycles. The number of imidazole rings is 1. The highest BCUT2D eigenvalue weighted by molar-refractivity contribution is 7.51. The number of hydrogen-bond acceptors (Lipinski definition) is 12. The third kappa shape index (κ3) is 9.56. The van der Waals surface area contributed by atoms with Crippen molar-refractivity contribution in [1.82, 2.24) is 24.6 Å². The highest BCUT2D eigenvalue weighted by Crippen LogP contribution is 2.48. The molecular weight excluding hydrogens is 650 g/mol. The highest BCUT2D eigenvalue weighted by Gasteiger charge is 2.50. The first-order chi connectivity index (χ1) is 23.0. The lowest BCUT2D eigenvalue weighted by Gasteiger charge is -2.29. The predicted octanol–water partition coefficient (Wildman–Crippen LogP) is 3.53. The van der Waals surface area contributed by atoms with Crippen LogP contribution in [0, 0.1) is 18.4 Å². The van der Waals surface area contributed by atoms with Crippen LogP contribution < -0.4 is 10.8 Å². The maximum absolute atomic E-state index is 14.1. The fourth-order valence-electron chi connectivity index (χ4n) is 5.11. The summed E-state index contributed by atoms with van der Waals surface area (Å²) in [5.41, 5.74) is 4.48. The van der Waals surface area contributed by atoms with Crippen LogP contribution in [0.4, 0.5) is 10.2 Å². The van der Waals surface area contributed by atoms with Crippen molar-refractivity contribution in [3.05, 3.63) is 48.3 Å². The molecule has 1 saturated heterocycles. The molecule has 0 amide bonds. The number of terminal acetylenes is 1. The van der Waals surface area contributed by atoms with Gasteiger partial charge in [-0.15, -0.1) is 6.42 Å². The second kappa shape index (κ2) is 16.9. The molecule has 2 aromatic heterocycles. The number of unbranched alkanes of at least 4 members (excludes halogenated alkanes) is 5. The molecule has 1 fully saturated rings. The fourth-order valence-corrected chi connectivity index (χ4v) is 6.56. The number of hydrogen-bond donors (Lipinski definition) is 4. The van der Waals surface area contributed by atoms with E-state index in [-0.39, 0.29) is 36.4 Å². The molecule has 0 bridgehead atoms. The normalized spacial score (nSPS) is 21.0. The quantitative estimate of drug-likeness (QED) is 0.0466. The first-order valence-electron chi connectivity index (χ1n) is 15.6. The Labute approximate surface area is 276 Å². The summed E-state index contributed by atoms with van der Waals surface area (Å²) >= 11 is 0. The average molecular weight is 691 g/mol. The van der Waals surface area contributed by atoms with Gasteiger partial charge < -0.3 is 25.4 Å². The van der Waals surface area contributed by atoms with Crippen LogP contribution in [-0.4, -0.2) is 79.2 Å². The van der Waals surface area contributed by atoms with Gasteiger partial charge in [-0.1, -0.05) is 75.3 Å². The fraction of sp³-hybridized carbons (Fsp3) is 0.516. The van der Waals surface area contributed by atoms with Gasteiger partial charge in [-0.05, 0) is 18.4 Å². The smallest absolute Gasteiger partial charge is 0.406 e. The highest BCUT2D eigenvalue weighted by atomic mass is 31.2. The number of carbonyl (C=O) groups excluding carboxylic acids is 1. The van der Waals surface area contributed by atoms with Crippen LogP contribution in [0.1, 0.15) is 63.7 Å². The van der Waals surface area contributed by atoms with Gasteiger partial charge >= 0.3 is 25.8 Å². The minimum absolute atomic E-state index is 0.0219. The largest absolute Gasteiger partial charge is 0.480 e. The minimum atomic E-state index is -4.67. The molecule has 0 radical (unpaired) electrons. The molecule has 260 valence electrons. The Bertz CT molecular complexity index is 1640. The molecule has 0 aliphatic carbocycles. The molecule has 3 aromatic rings. The third-order valence-electron chi connectivity index (χ3n) is 7.74. The van der Waals surface area contributed by atoms with E-state index in [9.17, 15) is 28.8 Å². The van der Waals surface area contributed by atoms with Crippen LogP contribution in [0.2, 0.25) is 0 Å². The first kappa shape index (κ1) is 36.9. The number of aliphatic carboxylic acids is 1. The van der Waals surface area contributed by atoms with E-state index in [0.717, 1.165) is 32.1 Å². The zero-order valence-electron chi connectivity index (χ0n) is 26.5. The van der Waals surface area contributed by atoms with Crippen LogP contribution in [0.5, 0.6) is 0 Å². The SMILES string of the molecule is C#C[C@]1(COP(=O)(NC(Cc2ccccc2)C(=O)O)OCC(=O)OCCCCCCCC)O[C@@H](n2cnc3c(N)nc(F)nc32)C[C@@H]1O. The second-order valence-electron chi connectivity index (χ2n) is 11.3. The van der Waals surface area contributed by atoms with Gasteiger partial charge in [0, 0.05) is 6.42 Å². The first-order valence-corrected chi connectivity index (χ1v) is 17.1.